The van der Waals surface area contributed by atoms with Gasteiger partial charge in [0.2, 0.25) is 0 Å². The van der Waals surface area contributed by atoms with Crippen molar-refractivity contribution in [2.45, 2.75) is 23.6 Å². The van der Waals surface area contributed by atoms with Gasteiger partial charge in [-0.1, -0.05) is 11.8 Å². The number of nitrogens with one attached hydrogen (secondary N) is 1. The summed E-state index contributed by atoms with van der Waals surface area (Å²) in [6, 6.07) is 8.02. The van der Waals surface area contributed by atoms with Gasteiger partial charge in [-0.05, 0) is 38.1 Å². The number of H-pyrrole nitrogens is 1. The number of aromatic nitrogens is 3. The Morgan fingerprint density at radius 2 is 2.23 bits per heavy atom. The lowest BCUT2D eigenvalue weighted by molar-refractivity contribution is 0.0515. The van der Waals surface area contributed by atoms with Gasteiger partial charge in [-0.25, -0.2) is 4.79 Å². The van der Waals surface area contributed by atoms with Gasteiger partial charge in [0.1, 0.15) is 5.69 Å². The maximum atomic E-state index is 12.0. The molecule has 0 aliphatic heterocycles. The molecule has 6 heteroatoms. The molecular formula is C16H17N3O2S. The summed E-state index contributed by atoms with van der Waals surface area (Å²) in [5.41, 5.74) is 2.63. The van der Waals surface area contributed by atoms with Crippen LogP contribution in [0.2, 0.25) is 0 Å². The second-order valence-electron chi connectivity index (χ2n) is 4.98. The van der Waals surface area contributed by atoms with Crippen molar-refractivity contribution in [1.82, 2.24) is 14.8 Å². The zero-order chi connectivity index (χ0) is 15.7. The predicted molar refractivity (Wildman–Crippen MR) is 86.3 cm³/mol. The van der Waals surface area contributed by atoms with Crippen LogP contribution in [0.4, 0.5) is 0 Å². The zero-order valence-electron chi connectivity index (χ0n) is 12.7. The third kappa shape index (κ3) is 2.62. The fourth-order valence-corrected chi connectivity index (χ4v) is 3.32. The number of rotatable bonds is 4. The summed E-state index contributed by atoms with van der Waals surface area (Å²) in [5, 5.41) is 8.04. The van der Waals surface area contributed by atoms with Gasteiger partial charge >= 0.3 is 5.97 Å². The Kier molecular flexibility index (Phi) is 3.94. The molecular weight excluding hydrogens is 298 g/mol. The molecule has 0 bridgehead atoms. The normalized spacial score (nSPS) is 11.0. The van der Waals surface area contributed by atoms with Crippen LogP contribution in [-0.4, -0.2) is 27.3 Å². The van der Waals surface area contributed by atoms with Crippen LogP contribution in [0.3, 0.4) is 0 Å². The van der Waals surface area contributed by atoms with Gasteiger partial charge < -0.3 is 9.30 Å². The minimum Gasteiger partial charge on any atom is -0.461 e. The number of fused-ring (bicyclic) bond motifs is 1. The molecule has 3 aromatic rings. The van der Waals surface area contributed by atoms with Crippen molar-refractivity contribution in [2.75, 3.05) is 6.61 Å². The molecule has 0 amide bonds. The van der Waals surface area contributed by atoms with Gasteiger partial charge in [-0.3, -0.25) is 5.10 Å². The van der Waals surface area contributed by atoms with E-state index >= 15 is 0 Å². The highest BCUT2D eigenvalue weighted by molar-refractivity contribution is 7.99. The van der Waals surface area contributed by atoms with Crippen LogP contribution in [0.15, 0.2) is 40.3 Å². The van der Waals surface area contributed by atoms with Crippen LogP contribution in [0.5, 0.6) is 0 Å². The highest BCUT2D eigenvalue weighted by atomic mass is 32.2. The second kappa shape index (κ2) is 5.88. The average molecular weight is 315 g/mol. The number of esters is 1. The third-order valence-electron chi connectivity index (χ3n) is 3.61. The summed E-state index contributed by atoms with van der Waals surface area (Å²) < 4.78 is 6.96. The SMILES string of the molecule is CCOC(=O)c1cc(Sc2ccc3[nH]ncc3c2)c(C)n1C. The third-order valence-corrected chi connectivity index (χ3v) is 4.74. The molecule has 0 fully saturated rings. The lowest BCUT2D eigenvalue weighted by Gasteiger charge is -2.04. The van der Waals surface area contributed by atoms with E-state index in [2.05, 4.69) is 16.3 Å². The number of ether oxygens (including phenoxy) is 1. The Morgan fingerprint density at radius 1 is 1.41 bits per heavy atom. The summed E-state index contributed by atoms with van der Waals surface area (Å²) in [4.78, 5) is 14.1. The first kappa shape index (κ1) is 14.7. The fraction of sp³-hybridized carbons (Fsp3) is 0.250. The van der Waals surface area contributed by atoms with Crippen molar-refractivity contribution in [1.29, 1.82) is 0 Å². The minimum absolute atomic E-state index is 0.287. The van der Waals surface area contributed by atoms with E-state index in [0.717, 1.165) is 26.4 Å². The maximum absolute atomic E-state index is 12.0. The van der Waals surface area contributed by atoms with E-state index in [4.69, 9.17) is 4.74 Å². The number of benzene rings is 1. The van der Waals surface area contributed by atoms with Gasteiger partial charge in [0.15, 0.2) is 0 Å². The Bertz CT molecular complexity index is 835. The van der Waals surface area contributed by atoms with E-state index in [9.17, 15) is 4.79 Å². The Balaban J connectivity index is 1.91. The molecule has 0 spiro atoms. The molecule has 0 radical (unpaired) electrons. The number of aromatic amines is 1. The molecule has 1 N–H and O–H groups in total. The minimum atomic E-state index is -0.287. The molecule has 5 nitrogen and oxygen atoms in total. The van der Waals surface area contributed by atoms with Crippen LogP contribution < -0.4 is 0 Å². The van der Waals surface area contributed by atoms with E-state index in [1.807, 2.05) is 43.7 Å². The van der Waals surface area contributed by atoms with Gasteiger partial charge in [0, 0.05) is 27.9 Å². The zero-order valence-corrected chi connectivity index (χ0v) is 13.5. The summed E-state index contributed by atoms with van der Waals surface area (Å²) in [6.07, 6.45) is 1.81. The second-order valence-corrected chi connectivity index (χ2v) is 6.10. The van der Waals surface area contributed by atoms with E-state index in [0.29, 0.717) is 12.3 Å². The van der Waals surface area contributed by atoms with Crippen LogP contribution in [0.25, 0.3) is 10.9 Å². The molecule has 22 heavy (non-hydrogen) atoms. The van der Waals surface area contributed by atoms with E-state index in [1.54, 1.807) is 18.0 Å². The molecule has 1 aromatic carbocycles. The van der Waals surface area contributed by atoms with Gasteiger partial charge in [-0.15, -0.1) is 0 Å². The molecule has 0 aliphatic carbocycles. The van der Waals surface area contributed by atoms with Gasteiger partial charge in [0.05, 0.1) is 18.3 Å². The molecule has 2 heterocycles. The molecule has 0 saturated carbocycles. The number of nitrogens with zero attached hydrogens (tertiary/aromatic N) is 2. The first-order valence-corrected chi connectivity index (χ1v) is 7.86. The molecule has 2 aromatic heterocycles. The lowest BCUT2D eigenvalue weighted by atomic mass is 10.3. The summed E-state index contributed by atoms with van der Waals surface area (Å²) in [7, 11) is 1.88. The largest absolute Gasteiger partial charge is 0.461 e. The highest BCUT2D eigenvalue weighted by Crippen LogP contribution is 2.33. The Labute approximate surface area is 132 Å². The number of hydrogen-bond acceptors (Lipinski definition) is 4. The van der Waals surface area contributed by atoms with Crippen LogP contribution in [0, 0.1) is 6.92 Å². The van der Waals surface area contributed by atoms with Crippen LogP contribution in [-0.2, 0) is 11.8 Å². The summed E-state index contributed by atoms with van der Waals surface area (Å²) >= 11 is 1.63. The topological polar surface area (TPSA) is 59.9 Å². The smallest absolute Gasteiger partial charge is 0.354 e. The van der Waals surface area contributed by atoms with Crippen molar-refractivity contribution in [3.05, 3.63) is 41.9 Å². The number of hydrogen-bond donors (Lipinski definition) is 1. The molecule has 114 valence electrons. The molecule has 0 aliphatic rings. The highest BCUT2D eigenvalue weighted by Gasteiger charge is 2.17. The van der Waals surface area contributed by atoms with Crippen LogP contribution >= 0.6 is 11.8 Å². The van der Waals surface area contributed by atoms with Crippen molar-refractivity contribution in [2.24, 2.45) is 7.05 Å². The first-order valence-electron chi connectivity index (χ1n) is 7.04. The monoisotopic (exact) mass is 315 g/mol. The lowest BCUT2D eigenvalue weighted by Crippen LogP contribution is -2.10. The Hall–Kier alpha value is -2.21. The standard InChI is InChI=1S/C16H17N3O2S/c1-4-21-16(20)14-8-15(10(2)19(14)3)22-12-5-6-13-11(7-12)9-17-18-13/h5-9H,4H2,1-3H3,(H,17,18). The Morgan fingerprint density at radius 3 is 3.00 bits per heavy atom. The molecule has 0 saturated heterocycles. The fourth-order valence-electron chi connectivity index (χ4n) is 2.29. The number of carbonyl (C=O) groups is 1. The van der Waals surface area contributed by atoms with E-state index < -0.39 is 0 Å². The summed E-state index contributed by atoms with van der Waals surface area (Å²) in [5.74, 6) is -0.287. The quantitative estimate of drug-likeness (QED) is 0.748. The van der Waals surface area contributed by atoms with Gasteiger partial charge in [0.25, 0.3) is 0 Å². The van der Waals surface area contributed by atoms with Gasteiger partial charge in [-0.2, -0.15) is 5.10 Å². The van der Waals surface area contributed by atoms with Crippen molar-refractivity contribution in [3.8, 4) is 0 Å². The van der Waals surface area contributed by atoms with Crippen molar-refractivity contribution < 1.29 is 9.53 Å². The average Bonchev–Trinajstić information content (AvgIpc) is 3.07. The van der Waals surface area contributed by atoms with E-state index in [-0.39, 0.29) is 5.97 Å². The molecule has 3 rings (SSSR count). The first-order chi connectivity index (χ1) is 10.6. The maximum Gasteiger partial charge on any atom is 0.354 e. The number of carbonyl (C=O) groups excluding carboxylic acids is 1. The van der Waals surface area contributed by atoms with E-state index in [1.165, 1.54) is 0 Å². The van der Waals surface area contributed by atoms with Crippen molar-refractivity contribution >= 4 is 28.6 Å². The van der Waals surface area contributed by atoms with Crippen molar-refractivity contribution in [3.63, 3.8) is 0 Å². The molecule has 0 atom stereocenters. The molecule has 0 unspecified atom stereocenters. The summed E-state index contributed by atoms with van der Waals surface area (Å²) in [6.45, 7) is 4.19. The predicted octanol–water partition coefficient (Wildman–Crippen LogP) is 3.54. The van der Waals surface area contributed by atoms with Crippen LogP contribution in [0.1, 0.15) is 23.1 Å².